The molecular formula is C8H7BrFN. The van der Waals surface area contributed by atoms with Gasteiger partial charge in [0.2, 0.25) is 0 Å². The van der Waals surface area contributed by atoms with Crippen LogP contribution in [0.5, 0.6) is 0 Å². The minimum Gasteiger partial charge on any atom is -0.264 e. The van der Waals surface area contributed by atoms with Crippen LogP contribution in [0.3, 0.4) is 0 Å². The molecule has 0 amide bonds. The highest BCUT2D eigenvalue weighted by Gasteiger charge is 1.94. The lowest BCUT2D eigenvalue weighted by Crippen LogP contribution is -1.81. The molecule has 58 valence electrons. The average molecular weight is 216 g/mol. The van der Waals surface area contributed by atoms with Crippen LogP contribution in [-0.2, 0) is 0 Å². The third-order valence-electron chi connectivity index (χ3n) is 1.34. The van der Waals surface area contributed by atoms with Gasteiger partial charge in [-0.15, -0.1) is 0 Å². The van der Waals surface area contributed by atoms with Gasteiger partial charge in [0.15, 0.2) is 4.74 Å². The number of nitrogens with zero attached hydrogens (tertiary/aromatic N) is 1. The van der Waals surface area contributed by atoms with Crippen LogP contribution in [0.25, 0.3) is 6.08 Å². The van der Waals surface area contributed by atoms with Gasteiger partial charge in [-0.2, -0.15) is 4.39 Å². The number of hydrogen-bond acceptors (Lipinski definition) is 1. The van der Waals surface area contributed by atoms with E-state index in [0.717, 1.165) is 11.1 Å². The van der Waals surface area contributed by atoms with Crippen LogP contribution in [0.15, 0.2) is 23.2 Å². The van der Waals surface area contributed by atoms with Crippen LogP contribution in [0, 0.1) is 6.92 Å². The van der Waals surface area contributed by atoms with E-state index in [1.807, 2.05) is 13.0 Å². The molecule has 0 bridgehead atoms. The summed E-state index contributed by atoms with van der Waals surface area (Å²) in [6, 6.07) is 1.84. The normalized spacial score (nSPS) is 11.7. The lowest BCUT2D eigenvalue weighted by Gasteiger charge is -1.96. The first-order valence-corrected chi connectivity index (χ1v) is 3.93. The summed E-state index contributed by atoms with van der Waals surface area (Å²) in [4.78, 5) is 3.87. The second-order valence-electron chi connectivity index (χ2n) is 2.17. The fourth-order valence-electron chi connectivity index (χ4n) is 0.745. The van der Waals surface area contributed by atoms with E-state index in [4.69, 9.17) is 0 Å². The Kier molecular flexibility index (Phi) is 2.76. The van der Waals surface area contributed by atoms with Crippen LogP contribution in [-0.4, -0.2) is 4.98 Å². The van der Waals surface area contributed by atoms with Crippen LogP contribution < -0.4 is 0 Å². The molecule has 1 nitrogen and oxygen atoms in total. The van der Waals surface area contributed by atoms with E-state index in [1.165, 1.54) is 6.08 Å². The molecule has 11 heavy (non-hydrogen) atoms. The van der Waals surface area contributed by atoms with Crippen LogP contribution in [0.1, 0.15) is 11.1 Å². The number of aryl methyl sites for hydroxylation is 1. The van der Waals surface area contributed by atoms with Crippen molar-refractivity contribution in [3.63, 3.8) is 0 Å². The predicted octanol–water partition coefficient (Wildman–Crippen LogP) is 3.05. The van der Waals surface area contributed by atoms with E-state index < -0.39 is 0 Å². The number of hydrogen-bond donors (Lipinski definition) is 0. The van der Waals surface area contributed by atoms with Crippen molar-refractivity contribution in [1.29, 1.82) is 0 Å². The first-order valence-electron chi connectivity index (χ1n) is 3.13. The molecule has 0 aliphatic heterocycles. The van der Waals surface area contributed by atoms with Gasteiger partial charge in [-0.3, -0.25) is 4.98 Å². The third kappa shape index (κ3) is 2.42. The molecule has 0 aromatic carbocycles. The van der Waals surface area contributed by atoms with Gasteiger partial charge in [0.05, 0.1) is 0 Å². The number of aromatic nitrogens is 1. The molecule has 0 saturated heterocycles. The van der Waals surface area contributed by atoms with Crippen molar-refractivity contribution in [3.05, 3.63) is 34.3 Å². The molecule has 0 atom stereocenters. The zero-order chi connectivity index (χ0) is 8.27. The Morgan fingerprint density at radius 1 is 1.73 bits per heavy atom. The molecule has 3 heteroatoms. The van der Waals surface area contributed by atoms with Crippen molar-refractivity contribution in [2.45, 2.75) is 6.92 Å². The summed E-state index contributed by atoms with van der Waals surface area (Å²) in [5.74, 6) is 0. The lowest BCUT2D eigenvalue weighted by atomic mass is 10.2. The van der Waals surface area contributed by atoms with Gasteiger partial charge < -0.3 is 0 Å². The maximum atomic E-state index is 12.3. The Hall–Kier alpha value is -0.700. The summed E-state index contributed by atoms with van der Waals surface area (Å²) in [6.45, 7) is 1.91. The third-order valence-corrected chi connectivity index (χ3v) is 1.57. The van der Waals surface area contributed by atoms with Crippen molar-refractivity contribution in [2.75, 3.05) is 0 Å². The summed E-state index contributed by atoms with van der Waals surface area (Å²) in [5.41, 5.74) is 1.80. The fraction of sp³-hybridized carbons (Fsp3) is 0.125. The van der Waals surface area contributed by atoms with E-state index >= 15 is 0 Å². The zero-order valence-corrected chi connectivity index (χ0v) is 7.60. The van der Waals surface area contributed by atoms with Gasteiger partial charge in [0.1, 0.15) is 0 Å². The second kappa shape index (κ2) is 3.62. The van der Waals surface area contributed by atoms with Crippen LogP contribution in [0.2, 0.25) is 0 Å². The van der Waals surface area contributed by atoms with Crippen LogP contribution >= 0.6 is 15.9 Å². The Balaban J connectivity index is 3.04. The first kappa shape index (κ1) is 8.40. The van der Waals surface area contributed by atoms with Gasteiger partial charge in [-0.1, -0.05) is 0 Å². The van der Waals surface area contributed by atoms with Gasteiger partial charge in [-0.25, -0.2) is 0 Å². The highest BCUT2D eigenvalue weighted by molar-refractivity contribution is 9.11. The van der Waals surface area contributed by atoms with E-state index in [2.05, 4.69) is 20.9 Å². The summed E-state index contributed by atoms with van der Waals surface area (Å²) in [6.07, 6.45) is 4.69. The zero-order valence-electron chi connectivity index (χ0n) is 6.01. The monoisotopic (exact) mass is 215 g/mol. The highest BCUT2D eigenvalue weighted by atomic mass is 79.9. The number of rotatable bonds is 1. The van der Waals surface area contributed by atoms with Gasteiger partial charge >= 0.3 is 0 Å². The van der Waals surface area contributed by atoms with Gasteiger partial charge in [-0.05, 0) is 46.1 Å². The Morgan fingerprint density at radius 2 is 2.45 bits per heavy atom. The minimum absolute atomic E-state index is 0.381. The Labute approximate surface area is 73.1 Å². The van der Waals surface area contributed by atoms with E-state index in [-0.39, 0.29) is 4.74 Å². The molecule has 0 aliphatic carbocycles. The van der Waals surface area contributed by atoms with Crippen molar-refractivity contribution < 1.29 is 4.39 Å². The molecular weight excluding hydrogens is 209 g/mol. The number of pyridine rings is 1. The van der Waals surface area contributed by atoms with E-state index in [9.17, 15) is 4.39 Å². The molecule has 0 N–H and O–H groups in total. The summed E-state index contributed by atoms with van der Waals surface area (Å²) in [5, 5.41) is 0. The van der Waals surface area contributed by atoms with Gasteiger partial charge in [0.25, 0.3) is 0 Å². The Morgan fingerprint density at radius 3 is 3.00 bits per heavy atom. The molecule has 1 aromatic heterocycles. The summed E-state index contributed by atoms with van der Waals surface area (Å²) in [7, 11) is 0. The molecule has 1 rings (SSSR count). The molecule has 0 radical (unpaired) electrons. The maximum absolute atomic E-state index is 12.3. The lowest BCUT2D eigenvalue weighted by molar-refractivity contribution is 0.711. The SMILES string of the molecule is Cc1ccncc1/C=C(\F)Br. The van der Waals surface area contributed by atoms with Gasteiger partial charge in [0, 0.05) is 12.4 Å². The molecule has 0 fully saturated rings. The topological polar surface area (TPSA) is 12.9 Å². The maximum Gasteiger partial charge on any atom is 0.166 e. The average Bonchev–Trinajstić information content (AvgIpc) is 1.93. The van der Waals surface area contributed by atoms with E-state index in [0.29, 0.717) is 0 Å². The van der Waals surface area contributed by atoms with Crippen molar-refractivity contribution in [1.82, 2.24) is 4.98 Å². The molecule has 0 saturated carbocycles. The molecule has 1 aromatic rings. The fourth-order valence-corrected chi connectivity index (χ4v) is 0.991. The largest absolute Gasteiger partial charge is 0.264 e. The molecule has 0 unspecified atom stereocenters. The van der Waals surface area contributed by atoms with Crippen molar-refractivity contribution in [2.24, 2.45) is 0 Å². The predicted molar refractivity (Wildman–Crippen MR) is 47.0 cm³/mol. The number of halogens is 2. The Bertz CT molecular complexity index is 279. The van der Waals surface area contributed by atoms with Crippen molar-refractivity contribution >= 4 is 22.0 Å². The quantitative estimate of drug-likeness (QED) is 0.702. The summed E-state index contributed by atoms with van der Waals surface area (Å²) < 4.78 is 11.9. The smallest absolute Gasteiger partial charge is 0.166 e. The second-order valence-corrected chi connectivity index (χ2v) is 2.92. The standard InChI is InChI=1S/C8H7BrFN/c1-6-2-3-11-5-7(6)4-8(9)10/h2-5H,1H3/b8-4-. The molecule has 1 heterocycles. The molecule has 0 spiro atoms. The van der Waals surface area contributed by atoms with Crippen LogP contribution in [0.4, 0.5) is 4.39 Å². The van der Waals surface area contributed by atoms with Crippen molar-refractivity contribution in [3.8, 4) is 0 Å². The minimum atomic E-state index is -0.381. The first-order chi connectivity index (χ1) is 5.20. The van der Waals surface area contributed by atoms with E-state index in [1.54, 1.807) is 12.4 Å². The summed E-state index contributed by atoms with van der Waals surface area (Å²) >= 11 is 2.71. The highest BCUT2D eigenvalue weighted by Crippen LogP contribution is 2.14. The molecule has 0 aliphatic rings.